The van der Waals surface area contributed by atoms with Crippen LogP contribution in [0.1, 0.15) is 36.0 Å². The summed E-state index contributed by atoms with van der Waals surface area (Å²) >= 11 is 0. The minimum absolute atomic E-state index is 0.0945. The van der Waals surface area contributed by atoms with Gasteiger partial charge in [0, 0.05) is 18.3 Å². The molecule has 132 valence electrons. The zero-order chi connectivity index (χ0) is 17.2. The third-order valence-electron chi connectivity index (χ3n) is 4.88. The van der Waals surface area contributed by atoms with Gasteiger partial charge < -0.3 is 10.6 Å². The lowest BCUT2D eigenvalue weighted by Gasteiger charge is -2.32. The van der Waals surface area contributed by atoms with E-state index in [1.807, 2.05) is 0 Å². The molecule has 2 aliphatic heterocycles. The second-order valence-corrected chi connectivity index (χ2v) is 6.50. The molecule has 1 aromatic rings. The van der Waals surface area contributed by atoms with Crippen LogP contribution in [0.4, 0.5) is 19.0 Å². The number of carbonyl (C=O) groups is 1. The van der Waals surface area contributed by atoms with Crippen molar-refractivity contribution in [1.29, 1.82) is 0 Å². The Morgan fingerprint density at radius 2 is 1.96 bits per heavy atom. The summed E-state index contributed by atoms with van der Waals surface area (Å²) in [5.41, 5.74) is 0.448. The lowest BCUT2D eigenvalue weighted by Crippen LogP contribution is -2.48. The normalized spacial score (nSPS) is 20.0. The maximum atomic E-state index is 12.2. The van der Waals surface area contributed by atoms with Gasteiger partial charge in [-0.05, 0) is 50.9 Å². The zero-order valence-corrected chi connectivity index (χ0v) is 13.3. The molecule has 0 unspecified atom stereocenters. The fourth-order valence-corrected chi connectivity index (χ4v) is 3.68. The fraction of sp³-hybridized carbons (Fsp3) is 0.625. The van der Waals surface area contributed by atoms with Crippen molar-refractivity contribution in [1.82, 2.24) is 15.2 Å². The number of halogens is 3. The van der Waals surface area contributed by atoms with Crippen molar-refractivity contribution in [3.63, 3.8) is 0 Å². The SMILES string of the molecule is O=C(NCC12CCCN1CCC2)c1ccc(NCC(F)(F)F)nc1. The molecule has 8 heteroatoms. The van der Waals surface area contributed by atoms with Gasteiger partial charge in [-0.25, -0.2) is 4.98 Å². The van der Waals surface area contributed by atoms with Crippen LogP contribution in [0.15, 0.2) is 18.3 Å². The Hall–Kier alpha value is -1.83. The Morgan fingerprint density at radius 1 is 1.25 bits per heavy atom. The molecule has 0 atom stereocenters. The van der Waals surface area contributed by atoms with Gasteiger partial charge in [0.1, 0.15) is 12.4 Å². The van der Waals surface area contributed by atoms with Gasteiger partial charge in [-0.3, -0.25) is 9.69 Å². The molecule has 0 radical (unpaired) electrons. The minimum Gasteiger partial charge on any atom is -0.361 e. The molecule has 0 saturated carbocycles. The first-order valence-corrected chi connectivity index (χ1v) is 8.18. The molecular weight excluding hydrogens is 321 g/mol. The van der Waals surface area contributed by atoms with Crippen molar-refractivity contribution in [3.8, 4) is 0 Å². The number of nitrogens with zero attached hydrogens (tertiary/aromatic N) is 2. The lowest BCUT2D eigenvalue weighted by atomic mass is 9.94. The Bertz CT molecular complexity index is 578. The van der Waals surface area contributed by atoms with E-state index in [0.29, 0.717) is 12.1 Å². The topological polar surface area (TPSA) is 57.3 Å². The van der Waals surface area contributed by atoms with E-state index in [2.05, 4.69) is 20.5 Å². The second-order valence-electron chi connectivity index (χ2n) is 6.50. The van der Waals surface area contributed by atoms with Gasteiger partial charge in [-0.2, -0.15) is 13.2 Å². The Labute approximate surface area is 138 Å². The first-order valence-electron chi connectivity index (χ1n) is 8.18. The molecule has 0 spiro atoms. The van der Waals surface area contributed by atoms with Crippen LogP contribution in [0, 0.1) is 0 Å². The Kier molecular flexibility index (Phi) is 4.67. The number of hydrogen-bond donors (Lipinski definition) is 2. The first-order chi connectivity index (χ1) is 11.4. The number of hydrogen-bond acceptors (Lipinski definition) is 4. The van der Waals surface area contributed by atoms with E-state index < -0.39 is 12.7 Å². The summed E-state index contributed by atoms with van der Waals surface area (Å²) < 4.78 is 36.4. The number of pyridine rings is 1. The Morgan fingerprint density at radius 3 is 2.54 bits per heavy atom. The first kappa shape index (κ1) is 17.0. The molecule has 5 nitrogen and oxygen atoms in total. The van der Waals surface area contributed by atoms with Crippen LogP contribution in [0.5, 0.6) is 0 Å². The average molecular weight is 342 g/mol. The van der Waals surface area contributed by atoms with E-state index >= 15 is 0 Å². The van der Waals surface area contributed by atoms with Crippen molar-refractivity contribution in [3.05, 3.63) is 23.9 Å². The van der Waals surface area contributed by atoms with E-state index in [-0.39, 0.29) is 17.3 Å². The van der Waals surface area contributed by atoms with Crippen LogP contribution in [0.25, 0.3) is 0 Å². The maximum absolute atomic E-state index is 12.2. The van der Waals surface area contributed by atoms with Crippen LogP contribution in [0.3, 0.4) is 0 Å². The number of aromatic nitrogens is 1. The quantitative estimate of drug-likeness (QED) is 0.863. The third-order valence-corrected chi connectivity index (χ3v) is 4.88. The van der Waals surface area contributed by atoms with Gasteiger partial charge >= 0.3 is 6.18 Å². The highest BCUT2D eigenvalue weighted by Crippen LogP contribution is 2.38. The second kappa shape index (κ2) is 6.58. The predicted molar refractivity (Wildman–Crippen MR) is 83.9 cm³/mol. The maximum Gasteiger partial charge on any atom is 0.405 e. The molecule has 0 aromatic carbocycles. The summed E-state index contributed by atoms with van der Waals surface area (Å²) in [7, 11) is 0. The molecule has 2 saturated heterocycles. The monoisotopic (exact) mass is 342 g/mol. The van der Waals surface area contributed by atoms with Gasteiger partial charge in [-0.15, -0.1) is 0 Å². The summed E-state index contributed by atoms with van der Waals surface area (Å²) in [5, 5.41) is 5.14. The van der Waals surface area contributed by atoms with Gasteiger partial charge in [0.15, 0.2) is 0 Å². The van der Waals surface area contributed by atoms with Crippen LogP contribution >= 0.6 is 0 Å². The van der Waals surface area contributed by atoms with Gasteiger partial charge in [0.05, 0.1) is 5.56 Å². The molecule has 2 aliphatic rings. The predicted octanol–water partition coefficient (Wildman–Crippen LogP) is 2.41. The number of alkyl halides is 3. The number of rotatable bonds is 5. The molecule has 24 heavy (non-hydrogen) atoms. The molecule has 3 heterocycles. The van der Waals surface area contributed by atoms with E-state index in [4.69, 9.17) is 0 Å². The average Bonchev–Trinajstić information content (AvgIpc) is 3.10. The highest BCUT2D eigenvalue weighted by atomic mass is 19.4. The standard InChI is InChI=1S/C16H21F3N4O/c17-16(18,19)11-21-13-4-3-12(9-20-13)14(24)22-10-15-5-1-7-23(15)8-2-6-15/h3-4,9H,1-2,5-8,10-11H2,(H,20,21)(H,22,24). The van der Waals surface area contributed by atoms with Crippen LogP contribution in [-0.2, 0) is 0 Å². The van der Waals surface area contributed by atoms with Crippen molar-refractivity contribution in [2.75, 3.05) is 31.5 Å². The zero-order valence-electron chi connectivity index (χ0n) is 13.3. The van der Waals surface area contributed by atoms with Crippen LogP contribution in [-0.4, -0.2) is 53.7 Å². The van der Waals surface area contributed by atoms with E-state index in [0.717, 1.165) is 38.8 Å². The van der Waals surface area contributed by atoms with Gasteiger partial charge in [0.25, 0.3) is 5.91 Å². The summed E-state index contributed by atoms with van der Waals surface area (Å²) in [5.74, 6) is -0.141. The van der Waals surface area contributed by atoms with Crippen molar-refractivity contribution in [2.24, 2.45) is 0 Å². The van der Waals surface area contributed by atoms with E-state index in [9.17, 15) is 18.0 Å². The number of carbonyl (C=O) groups excluding carboxylic acids is 1. The molecule has 2 N–H and O–H groups in total. The number of nitrogens with one attached hydrogen (secondary N) is 2. The highest BCUT2D eigenvalue weighted by Gasteiger charge is 2.44. The minimum atomic E-state index is -4.30. The van der Waals surface area contributed by atoms with Crippen LogP contribution < -0.4 is 10.6 Å². The van der Waals surface area contributed by atoms with Gasteiger partial charge in [0.2, 0.25) is 0 Å². The smallest absolute Gasteiger partial charge is 0.361 e. The van der Waals surface area contributed by atoms with Gasteiger partial charge in [-0.1, -0.05) is 0 Å². The molecular formula is C16H21F3N4O. The summed E-state index contributed by atoms with van der Waals surface area (Å²) in [6.07, 6.45) is 1.53. The fourth-order valence-electron chi connectivity index (χ4n) is 3.68. The Balaban J connectivity index is 1.54. The number of fused-ring (bicyclic) bond motifs is 1. The summed E-state index contributed by atoms with van der Waals surface area (Å²) in [6, 6.07) is 2.87. The molecule has 3 rings (SSSR count). The van der Waals surface area contributed by atoms with Crippen molar-refractivity contribution >= 4 is 11.7 Å². The highest BCUT2D eigenvalue weighted by molar-refractivity contribution is 5.94. The number of anilines is 1. The molecule has 1 amide bonds. The lowest BCUT2D eigenvalue weighted by molar-refractivity contribution is -0.115. The summed E-state index contributed by atoms with van der Waals surface area (Å²) in [4.78, 5) is 18.6. The van der Waals surface area contributed by atoms with Crippen molar-refractivity contribution < 1.29 is 18.0 Å². The largest absolute Gasteiger partial charge is 0.405 e. The van der Waals surface area contributed by atoms with Crippen molar-refractivity contribution in [2.45, 2.75) is 37.4 Å². The third kappa shape index (κ3) is 3.80. The molecule has 0 bridgehead atoms. The van der Waals surface area contributed by atoms with E-state index in [1.54, 1.807) is 0 Å². The van der Waals surface area contributed by atoms with E-state index in [1.165, 1.54) is 18.3 Å². The molecule has 0 aliphatic carbocycles. The number of amides is 1. The van der Waals surface area contributed by atoms with Crippen LogP contribution in [0.2, 0.25) is 0 Å². The molecule has 1 aromatic heterocycles. The molecule has 2 fully saturated rings. The summed E-state index contributed by atoms with van der Waals surface area (Å²) in [6.45, 7) is 1.65.